The van der Waals surface area contributed by atoms with Gasteiger partial charge in [-0.3, -0.25) is 0 Å². The van der Waals surface area contributed by atoms with Gasteiger partial charge in [0.2, 0.25) is 11.7 Å². The van der Waals surface area contributed by atoms with E-state index in [1.807, 2.05) is 43.0 Å². The largest absolute Gasteiger partial charge is 0.494 e. The molecule has 1 saturated heterocycles. The average Bonchev–Trinajstić information content (AvgIpc) is 2.99. The van der Waals surface area contributed by atoms with Crippen LogP contribution in [0.15, 0.2) is 28.8 Å². The lowest BCUT2D eigenvalue weighted by molar-refractivity contribution is 0.340. The summed E-state index contributed by atoms with van der Waals surface area (Å²) in [5.74, 6) is 4.20. The van der Waals surface area contributed by atoms with Gasteiger partial charge < -0.3 is 14.6 Å². The standard InChI is InChI=1S/C14H17N3O2S/c1-2-18-11-5-3-4-10(8-11)13-16-14(19-17-13)12-9-20-7-6-15-12/h3-5,8,12,15H,2,6-7,9H2,1H3. The minimum Gasteiger partial charge on any atom is -0.494 e. The van der Waals surface area contributed by atoms with Crippen molar-refractivity contribution in [3.8, 4) is 17.1 Å². The van der Waals surface area contributed by atoms with Crippen LogP contribution in [0.1, 0.15) is 18.9 Å². The Labute approximate surface area is 122 Å². The first-order chi connectivity index (χ1) is 9.86. The SMILES string of the molecule is CCOc1cccc(-c2noc(C3CSCCN3)n2)c1. The van der Waals surface area contributed by atoms with Crippen molar-refractivity contribution in [3.05, 3.63) is 30.2 Å². The number of benzene rings is 1. The molecular formula is C14H17N3O2S. The molecule has 0 amide bonds. The van der Waals surface area contributed by atoms with E-state index in [4.69, 9.17) is 9.26 Å². The summed E-state index contributed by atoms with van der Waals surface area (Å²) in [4.78, 5) is 4.50. The van der Waals surface area contributed by atoms with Gasteiger partial charge in [0.05, 0.1) is 12.6 Å². The number of thioether (sulfide) groups is 1. The summed E-state index contributed by atoms with van der Waals surface area (Å²) in [7, 11) is 0. The lowest BCUT2D eigenvalue weighted by atomic mass is 10.2. The summed E-state index contributed by atoms with van der Waals surface area (Å²) < 4.78 is 10.9. The molecule has 1 aliphatic heterocycles. The Balaban J connectivity index is 1.80. The number of rotatable bonds is 4. The lowest BCUT2D eigenvalue weighted by Crippen LogP contribution is -2.30. The van der Waals surface area contributed by atoms with E-state index in [-0.39, 0.29) is 6.04 Å². The van der Waals surface area contributed by atoms with Crippen LogP contribution in [0.3, 0.4) is 0 Å². The molecule has 106 valence electrons. The third-order valence-corrected chi connectivity index (χ3v) is 4.13. The highest BCUT2D eigenvalue weighted by Crippen LogP contribution is 2.25. The van der Waals surface area contributed by atoms with Crippen molar-refractivity contribution >= 4 is 11.8 Å². The predicted molar refractivity (Wildman–Crippen MR) is 79.0 cm³/mol. The highest BCUT2D eigenvalue weighted by atomic mass is 32.2. The Bertz CT molecular complexity index is 567. The molecule has 2 heterocycles. The highest BCUT2D eigenvalue weighted by molar-refractivity contribution is 7.99. The van der Waals surface area contributed by atoms with E-state index in [1.54, 1.807) is 0 Å². The van der Waals surface area contributed by atoms with Gasteiger partial charge in [-0.2, -0.15) is 16.7 Å². The lowest BCUT2D eigenvalue weighted by Gasteiger charge is -2.19. The van der Waals surface area contributed by atoms with Gasteiger partial charge in [-0.05, 0) is 19.1 Å². The van der Waals surface area contributed by atoms with Gasteiger partial charge >= 0.3 is 0 Å². The zero-order chi connectivity index (χ0) is 13.8. The van der Waals surface area contributed by atoms with Crippen LogP contribution < -0.4 is 10.1 Å². The molecule has 1 aromatic heterocycles. The van der Waals surface area contributed by atoms with Gasteiger partial charge in [0.1, 0.15) is 5.75 Å². The number of aromatic nitrogens is 2. The van der Waals surface area contributed by atoms with Crippen molar-refractivity contribution in [2.75, 3.05) is 24.7 Å². The number of nitrogens with one attached hydrogen (secondary N) is 1. The molecule has 0 aliphatic carbocycles. The Morgan fingerprint density at radius 2 is 2.45 bits per heavy atom. The Kier molecular flexibility index (Phi) is 4.22. The molecule has 1 atom stereocenters. The van der Waals surface area contributed by atoms with Crippen LogP contribution in [0.5, 0.6) is 5.75 Å². The molecule has 1 aromatic carbocycles. The van der Waals surface area contributed by atoms with E-state index in [1.165, 1.54) is 0 Å². The Morgan fingerprint density at radius 1 is 1.50 bits per heavy atom. The maximum absolute atomic E-state index is 5.49. The molecule has 0 radical (unpaired) electrons. The van der Waals surface area contributed by atoms with Gasteiger partial charge in [0.25, 0.3) is 0 Å². The Hall–Kier alpha value is -1.53. The van der Waals surface area contributed by atoms with E-state index in [0.717, 1.165) is 29.4 Å². The second kappa shape index (κ2) is 6.28. The summed E-state index contributed by atoms with van der Waals surface area (Å²) in [6.45, 7) is 3.59. The molecule has 1 fully saturated rings. The molecule has 0 bridgehead atoms. The quantitative estimate of drug-likeness (QED) is 0.934. The van der Waals surface area contributed by atoms with Gasteiger partial charge in [0, 0.05) is 23.6 Å². The van der Waals surface area contributed by atoms with E-state index < -0.39 is 0 Å². The van der Waals surface area contributed by atoms with Gasteiger partial charge in [0.15, 0.2) is 0 Å². The summed E-state index contributed by atoms with van der Waals surface area (Å²) in [6, 6.07) is 7.91. The molecule has 0 saturated carbocycles. The normalized spacial score (nSPS) is 18.9. The molecule has 3 rings (SSSR count). The van der Waals surface area contributed by atoms with Crippen LogP contribution in [-0.2, 0) is 0 Å². The molecule has 2 aromatic rings. The monoisotopic (exact) mass is 291 g/mol. The summed E-state index contributed by atoms with van der Waals surface area (Å²) in [6.07, 6.45) is 0. The van der Waals surface area contributed by atoms with Gasteiger partial charge in [-0.25, -0.2) is 0 Å². The number of hydrogen-bond acceptors (Lipinski definition) is 6. The van der Waals surface area contributed by atoms with Crippen LogP contribution in [0, 0.1) is 0 Å². The highest BCUT2D eigenvalue weighted by Gasteiger charge is 2.21. The maximum Gasteiger partial charge on any atom is 0.244 e. The molecular weight excluding hydrogens is 274 g/mol. The smallest absolute Gasteiger partial charge is 0.244 e. The van der Waals surface area contributed by atoms with Crippen molar-refractivity contribution in [3.63, 3.8) is 0 Å². The molecule has 5 nitrogen and oxygen atoms in total. The number of hydrogen-bond donors (Lipinski definition) is 1. The molecule has 6 heteroatoms. The second-order valence-corrected chi connectivity index (χ2v) is 5.65. The van der Waals surface area contributed by atoms with Crippen LogP contribution in [0.25, 0.3) is 11.4 Å². The van der Waals surface area contributed by atoms with Crippen molar-refractivity contribution in [1.29, 1.82) is 0 Å². The van der Waals surface area contributed by atoms with E-state index >= 15 is 0 Å². The molecule has 1 N–H and O–H groups in total. The predicted octanol–water partition coefficient (Wildman–Crippen LogP) is 2.51. The maximum atomic E-state index is 5.49. The first-order valence-electron chi connectivity index (χ1n) is 6.75. The number of nitrogens with zero attached hydrogens (tertiary/aromatic N) is 2. The van der Waals surface area contributed by atoms with Crippen LogP contribution in [0.4, 0.5) is 0 Å². The summed E-state index contributed by atoms with van der Waals surface area (Å²) >= 11 is 1.90. The van der Waals surface area contributed by atoms with E-state index in [0.29, 0.717) is 18.3 Å². The zero-order valence-electron chi connectivity index (χ0n) is 11.3. The molecule has 0 spiro atoms. The zero-order valence-corrected chi connectivity index (χ0v) is 12.2. The molecule has 1 aliphatic rings. The minimum atomic E-state index is 0.157. The number of ether oxygens (including phenoxy) is 1. The van der Waals surface area contributed by atoms with E-state index in [9.17, 15) is 0 Å². The summed E-state index contributed by atoms with van der Waals surface area (Å²) in [5, 5.41) is 7.46. The average molecular weight is 291 g/mol. The first kappa shape index (κ1) is 13.5. The molecule has 20 heavy (non-hydrogen) atoms. The van der Waals surface area contributed by atoms with Crippen molar-refractivity contribution in [1.82, 2.24) is 15.5 Å². The van der Waals surface area contributed by atoms with Crippen LogP contribution in [0.2, 0.25) is 0 Å². The van der Waals surface area contributed by atoms with Crippen molar-refractivity contribution in [2.45, 2.75) is 13.0 Å². The second-order valence-electron chi connectivity index (χ2n) is 4.50. The van der Waals surface area contributed by atoms with Gasteiger partial charge in [-0.1, -0.05) is 17.3 Å². The molecule has 1 unspecified atom stereocenters. The topological polar surface area (TPSA) is 60.2 Å². The first-order valence-corrected chi connectivity index (χ1v) is 7.90. The fourth-order valence-electron chi connectivity index (χ4n) is 2.11. The van der Waals surface area contributed by atoms with Crippen LogP contribution >= 0.6 is 11.8 Å². The third-order valence-electron chi connectivity index (χ3n) is 3.06. The summed E-state index contributed by atoms with van der Waals surface area (Å²) in [5.41, 5.74) is 0.911. The van der Waals surface area contributed by atoms with E-state index in [2.05, 4.69) is 15.5 Å². The van der Waals surface area contributed by atoms with Gasteiger partial charge in [-0.15, -0.1) is 0 Å². The fraction of sp³-hybridized carbons (Fsp3) is 0.429. The fourth-order valence-corrected chi connectivity index (χ4v) is 3.03. The van der Waals surface area contributed by atoms with Crippen molar-refractivity contribution < 1.29 is 9.26 Å². The third kappa shape index (κ3) is 2.96. The van der Waals surface area contributed by atoms with Crippen molar-refractivity contribution in [2.24, 2.45) is 0 Å². The van der Waals surface area contributed by atoms with Crippen LogP contribution in [-0.4, -0.2) is 34.8 Å². The Morgan fingerprint density at radius 3 is 3.25 bits per heavy atom. The minimum absolute atomic E-state index is 0.157.